The zero-order chi connectivity index (χ0) is 16.1. The summed E-state index contributed by atoms with van der Waals surface area (Å²) in [4.78, 5) is 11.6. The van der Waals surface area contributed by atoms with Crippen molar-refractivity contribution in [3.63, 3.8) is 0 Å². The van der Waals surface area contributed by atoms with Crippen molar-refractivity contribution in [1.82, 2.24) is 0 Å². The van der Waals surface area contributed by atoms with Gasteiger partial charge in [0.1, 0.15) is 17.4 Å². The first-order valence-corrected chi connectivity index (χ1v) is 6.71. The highest BCUT2D eigenvalue weighted by Gasteiger charge is 2.28. The second-order valence-corrected chi connectivity index (χ2v) is 4.49. The van der Waals surface area contributed by atoms with E-state index >= 15 is 0 Å². The van der Waals surface area contributed by atoms with Crippen LogP contribution in [0.25, 0.3) is 0 Å². The van der Waals surface area contributed by atoms with Gasteiger partial charge in [-0.25, -0.2) is 4.79 Å². The molecular weight excluding hydrogens is 284 g/mol. The Morgan fingerprint density at radius 1 is 1.41 bits per heavy atom. The van der Waals surface area contributed by atoms with E-state index in [0.717, 1.165) is 11.3 Å². The van der Waals surface area contributed by atoms with Gasteiger partial charge in [0, 0.05) is 5.92 Å². The summed E-state index contributed by atoms with van der Waals surface area (Å²) >= 11 is 0. The third-order valence-electron chi connectivity index (χ3n) is 3.17. The zero-order valence-electron chi connectivity index (χ0n) is 12.3. The molecule has 1 aliphatic heterocycles. The second-order valence-electron chi connectivity index (χ2n) is 4.49. The van der Waals surface area contributed by atoms with Gasteiger partial charge in [0.25, 0.3) is 0 Å². The van der Waals surface area contributed by atoms with Crippen molar-refractivity contribution in [2.75, 3.05) is 13.7 Å². The van der Waals surface area contributed by atoms with Crippen LogP contribution in [-0.4, -0.2) is 19.7 Å². The fourth-order valence-electron chi connectivity index (χ4n) is 2.13. The Morgan fingerprint density at radius 3 is 2.64 bits per heavy atom. The lowest BCUT2D eigenvalue weighted by Gasteiger charge is -2.21. The van der Waals surface area contributed by atoms with E-state index in [1.807, 2.05) is 25.1 Å². The highest BCUT2D eigenvalue weighted by molar-refractivity contribution is 5.87. The van der Waals surface area contributed by atoms with Crippen LogP contribution in [0.4, 0.5) is 0 Å². The Morgan fingerprint density at radius 2 is 2.09 bits per heavy atom. The quantitative estimate of drug-likeness (QED) is 0.854. The maximum Gasteiger partial charge on any atom is 0.373 e. The van der Waals surface area contributed by atoms with Gasteiger partial charge in [-0.3, -0.25) is 0 Å². The molecule has 1 aliphatic rings. The molecule has 22 heavy (non-hydrogen) atoms. The molecule has 0 bridgehead atoms. The van der Waals surface area contributed by atoms with E-state index in [1.54, 1.807) is 12.1 Å². The number of carbonyl (C=O) groups excluding carboxylic acids is 1. The molecule has 2 N–H and O–H groups in total. The van der Waals surface area contributed by atoms with Gasteiger partial charge < -0.3 is 19.9 Å². The van der Waals surface area contributed by atoms with Crippen molar-refractivity contribution >= 4 is 5.97 Å². The third-order valence-corrected chi connectivity index (χ3v) is 3.17. The highest BCUT2D eigenvalue weighted by atomic mass is 16.6. The second kappa shape index (κ2) is 6.68. The molecule has 1 aromatic carbocycles. The fourth-order valence-corrected chi connectivity index (χ4v) is 2.13. The normalized spacial score (nSPS) is 17.1. The van der Waals surface area contributed by atoms with E-state index in [4.69, 9.17) is 15.2 Å². The van der Waals surface area contributed by atoms with Crippen molar-refractivity contribution in [2.45, 2.75) is 12.8 Å². The minimum absolute atomic E-state index is 0.0297. The molecule has 6 nitrogen and oxygen atoms in total. The van der Waals surface area contributed by atoms with Gasteiger partial charge in [0.15, 0.2) is 0 Å². The lowest BCUT2D eigenvalue weighted by atomic mass is 9.90. The van der Waals surface area contributed by atoms with Crippen molar-refractivity contribution in [3.8, 4) is 11.8 Å². The number of hydrogen-bond acceptors (Lipinski definition) is 6. The van der Waals surface area contributed by atoms with Crippen LogP contribution in [0, 0.1) is 11.3 Å². The van der Waals surface area contributed by atoms with Gasteiger partial charge in [0.05, 0.1) is 13.7 Å². The summed E-state index contributed by atoms with van der Waals surface area (Å²) in [5.74, 6) is -0.507. The first-order chi connectivity index (χ1) is 10.6. The van der Waals surface area contributed by atoms with Gasteiger partial charge in [-0.15, -0.1) is 0 Å². The lowest BCUT2D eigenvalue weighted by molar-refractivity contribution is -0.139. The summed E-state index contributed by atoms with van der Waals surface area (Å²) in [6.07, 6.45) is 1.52. The number of nitrogens with two attached hydrogens (primary N) is 1. The number of nitriles is 1. The molecule has 0 saturated carbocycles. The minimum Gasteiger partial charge on any atom is -0.494 e. The fraction of sp³-hybridized carbons (Fsp3) is 0.250. The lowest BCUT2D eigenvalue weighted by Crippen LogP contribution is -2.20. The number of rotatable bonds is 4. The van der Waals surface area contributed by atoms with E-state index in [2.05, 4.69) is 4.74 Å². The molecule has 0 spiro atoms. The molecule has 0 aliphatic carbocycles. The number of esters is 1. The van der Waals surface area contributed by atoms with E-state index in [9.17, 15) is 10.1 Å². The number of hydrogen-bond donors (Lipinski definition) is 1. The minimum atomic E-state index is -0.643. The Hall–Kier alpha value is -2.94. The number of ether oxygens (including phenoxy) is 3. The number of methoxy groups -OCH3 is 1. The third kappa shape index (κ3) is 3.04. The maximum absolute atomic E-state index is 11.6. The van der Waals surface area contributed by atoms with E-state index in [0.29, 0.717) is 6.61 Å². The van der Waals surface area contributed by atoms with Gasteiger partial charge in [-0.2, -0.15) is 5.26 Å². The smallest absolute Gasteiger partial charge is 0.373 e. The first kappa shape index (κ1) is 15.4. The molecule has 0 radical (unpaired) electrons. The standard InChI is InChI=1S/C16H16N2O4/c1-3-21-11-6-4-10(5-7-11)12-8-14(16(19)20-2)22-15(18)13(12)9-17/h4-8,12H,3,18H2,1-2H3/t12-/m1/s1. The number of nitrogens with zero attached hydrogens (tertiary/aromatic N) is 1. The summed E-state index contributed by atoms with van der Waals surface area (Å²) in [6, 6.07) is 9.25. The number of carbonyl (C=O) groups is 1. The van der Waals surface area contributed by atoms with Crippen LogP contribution in [0.5, 0.6) is 5.75 Å². The summed E-state index contributed by atoms with van der Waals surface area (Å²) in [6.45, 7) is 2.47. The maximum atomic E-state index is 11.6. The summed E-state index contributed by atoms with van der Waals surface area (Å²) in [7, 11) is 1.25. The molecule has 0 amide bonds. The zero-order valence-corrected chi connectivity index (χ0v) is 12.3. The summed E-state index contributed by atoms with van der Waals surface area (Å²) in [5, 5.41) is 9.28. The van der Waals surface area contributed by atoms with E-state index in [-0.39, 0.29) is 17.2 Å². The van der Waals surface area contributed by atoms with Gasteiger partial charge >= 0.3 is 5.97 Å². The van der Waals surface area contributed by atoms with Crippen molar-refractivity contribution in [1.29, 1.82) is 5.26 Å². The molecule has 114 valence electrons. The van der Waals surface area contributed by atoms with Crippen LogP contribution < -0.4 is 10.5 Å². The molecule has 0 aromatic heterocycles. The molecule has 1 atom stereocenters. The molecule has 2 rings (SSSR count). The molecule has 0 unspecified atom stereocenters. The molecule has 0 saturated heterocycles. The number of allylic oxidation sites excluding steroid dienone is 2. The van der Waals surface area contributed by atoms with Crippen LogP contribution in [0.15, 0.2) is 47.6 Å². The van der Waals surface area contributed by atoms with Gasteiger partial charge in [0.2, 0.25) is 11.6 Å². The van der Waals surface area contributed by atoms with Crippen LogP contribution in [0.3, 0.4) is 0 Å². The SMILES string of the molecule is CCOc1ccc([C@H]2C=C(C(=O)OC)OC(N)=C2C#N)cc1. The topological polar surface area (TPSA) is 94.6 Å². The Bertz CT molecular complexity index is 668. The van der Waals surface area contributed by atoms with Crippen LogP contribution >= 0.6 is 0 Å². The molecular formula is C16H16N2O4. The van der Waals surface area contributed by atoms with Crippen LogP contribution in [0.1, 0.15) is 18.4 Å². The number of benzene rings is 1. The van der Waals surface area contributed by atoms with Crippen LogP contribution in [-0.2, 0) is 14.3 Å². The molecule has 0 fully saturated rings. The summed E-state index contributed by atoms with van der Waals surface area (Å²) in [5.41, 5.74) is 6.79. The predicted octanol–water partition coefficient (Wildman–Crippen LogP) is 1.95. The largest absolute Gasteiger partial charge is 0.494 e. The monoisotopic (exact) mass is 300 g/mol. The van der Waals surface area contributed by atoms with E-state index < -0.39 is 11.9 Å². The average Bonchev–Trinajstić information content (AvgIpc) is 2.54. The molecule has 1 heterocycles. The Labute approximate surface area is 128 Å². The molecule has 6 heteroatoms. The predicted molar refractivity (Wildman–Crippen MR) is 78.4 cm³/mol. The van der Waals surface area contributed by atoms with Gasteiger partial charge in [-0.05, 0) is 30.7 Å². The average molecular weight is 300 g/mol. The highest BCUT2D eigenvalue weighted by Crippen LogP contribution is 2.33. The first-order valence-electron chi connectivity index (χ1n) is 6.71. The Balaban J connectivity index is 2.39. The van der Waals surface area contributed by atoms with Crippen LogP contribution in [0.2, 0.25) is 0 Å². The van der Waals surface area contributed by atoms with Crippen molar-refractivity contribution in [3.05, 3.63) is 53.1 Å². The van der Waals surface area contributed by atoms with E-state index in [1.165, 1.54) is 13.2 Å². The van der Waals surface area contributed by atoms with Gasteiger partial charge in [-0.1, -0.05) is 12.1 Å². The van der Waals surface area contributed by atoms with Crippen molar-refractivity contribution < 1.29 is 19.0 Å². The summed E-state index contributed by atoms with van der Waals surface area (Å²) < 4.78 is 15.2. The van der Waals surface area contributed by atoms with Crippen molar-refractivity contribution in [2.24, 2.45) is 5.73 Å². The molecule has 1 aromatic rings. The Kier molecular flexibility index (Phi) is 4.69.